The van der Waals surface area contributed by atoms with Crippen LogP contribution in [-0.4, -0.2) is 31.3 Å². The van der Waals surface area contributed by atoms with Crippen LogP contribution in [-0.2, 0) is 0 Å². The van der Waals surface area contributed by atoms with E-state index in [1.54, 1.807) is 13.1 Å². The molecule has 0 unspecified atom stereocenters. The molecule has 0 aromatic carbocycles. The molecule has 2 N–H and O–H groups in total. The van der Waals surface area contributed by atoms with Gasteiger partial charge in [-0.2, -0.15) is 0 Å². The lowest BCUT2D eigenvalue weighted by atomic mass is 10.2. The van der Waals surface area contributed by atoms with E-state index < -0.39 is 0 Å². The Labute approximate surface area is 119 Å². The van der Waals surface area contributed by atoms with E-state index in [9.17, 15) is 0 Å². The lowest BCUT2D eigenvalue weighted by molar-refractivity contribution is 0.418. The van der Waals surface area contributed by atoms with E-state index in [4.69, 9.17) is 5.73 Å². The fraction of sp³-hybridized carbons (Fsp3) is 0.562. The van der Waals surface area contributed by atoms with Crippen molar-refractivity contribution in [2.45, 2.75) is 40.0 Å². The quantitative estimate of drug-likeness (QED) is 0.790. The molecule has 1 saturated heterocycles. The molecular formula is C16H31N3. The highest BCUT2D eigenvalue weighted by molar-refractivity contribution is 5.72. The van der Waals surface area contributed by atoms with Crippen molar-refractivity contribution >= 4 is 6.21 Å². The van der Waals surface area contributed by atoms with Crippen molar-refractivity contribution in [2.75, 3.05) is 20.1 Å². The van der Waals surface area contributed by atoms with Gasteiger partial charge in [-0.15, -0.1) is 0 Å². The maximum Gasteiger partial charge on any atom is 0.0266 e. The molecule has 0 amide bonds. The number of nitrogens with two attached hydrogens (primary N) is 1. The summed E-state index contributed by atoms with van der Waals surface area (Å²) in [5, 5.41) is 0. The van der Waals surface area contributed by atoms with Gasteiger partial charge in [-0.05, 0) is 65.0 Å². The van der Waals surface area contributed by atoms with Crippen LogP contribution in [0.25, 0.3) is 0 Å². The summed E-state index contributed by atoms with van der Waals surface area (Å²) < 4.78 is 0. The van der Waals surface area contributed by atoms with Gasteiger partial charge in [-0.3, -0.25) is 4.99 Å². The topological polar surface area (TPSA) is 41.6 Å². The SMILES string of the molecule is C=C(C)N.C=CN=C/C=C(\C)CC.CN1CCCC1. The van der Waals surface area contributed by atoms with Gasteiger partial charge in [0, 0.05) is 12.4 Å². The molecule has 0 bridgehead atoms. The summed E-state index contributed by atoms with van der Waals surface area (Å²) >= 11 is 0. The summed E-state index contributed by atoms with van der Waals surface area (Å²) in [7, 11) is 2.17. The van der Waals surface area contributed by atoms with Crippen LogP contribution in [0.1, 0.15) is 40.0 Å². The Kier molecular flexibility index (Phi) is 15.5. The van der Waals surface area contributed by atoms with Gasteiger partial charge in [-0.25, -0.2) is 0 Å². The van der Waals surface area contributed by atoms with Gasteiger partial charge in [0.25, 0.3) is 0 Å². The van der Waals surface area contributed by atoms with Crippen molar-refractivity contribution < 1.29 is 0 Å². The van der Waals surface area contributed by atoms with E-state index in [1.165, 1.54) is 37.7 Å². The van der Waals surface area contributed by atoms with Gasteiger partial charge in [0.1, 0.15) is 0 Å². The lowest BCUT2D eigenvalue weighted by Crippen LogP contribution is -2.10. The van der Waals surface area contributed by atoms with Crippen LogP contribution in [0, 0.1) is 0 Å². The molecule has 1 fully saturated rings. The molecule has 0 aliphatic carbocycles. The number of allylic oxidation sites excluding steroid dienone is 3. The van der Waals surface area contributed by atoms with E-state index in [1.807, 2.05) is 6.08 Å². The van der Waals surface area contributed by atoms with Crippen LogP contribution in [0.2, 0.25) is 0 Å². The summed E-state index contributed by atoms with van der Waals surface area (Å²) in [6.07, 6.45) is 9.18. The van der Waals surface area contributed by atoms with Crippen LogP contribution >= 0.6 is 0 Å². The first-order valence-electron chi connectivity index (χ1n) is 6.83. The standard InChI is InChI=1S/C8H13N.C5H11N.C3H7N/c1-4-8(3)6-7-9-5-2;1-6-4-2-3-5-6;1-3(2)4/h5-7H,2,4H2,1,3H3;2-5H2,1H3;1,4H2,2H3/b8-6+,9-7?;;. The molecular weight excluding hydrogens is 234 g/mol. The molecule has 0 saturated carbocycles. The van der Waals surface area contributed by atoms with Gasteiger partial charge in [0.2, 0.25) is 0 Å². The van der Waals surface area contributed by atoms with Crippen molar-refractivity contribution in [3.63, 3.8) is 0 Å². The summed E-state index contributed by atoms with van der Waals surface area (Å²) in [5.74, 6) is 0. The largest absolute Gasteiger partial charge is 0.403 e. The first kappa shape index (κ1) is 20.0. The van der Waals surface area contributed by atoms with Crippen LogP contribution in [0.5, 0.6) is 0 Å². The number of hydrogen-bond donors (Lipinski definition) is 1. The number of likely N-dealkylation sites (tertiary alicyclic amines) is 1. The zero-order valence-electron chi connectivity index (χ0n) is 13.2. The number of nitrogens with zero attached hydrogens (tertiary/aromatic N) is 2. The molecule has 0 atom stereocenters. The van der Waals surface area contributed by atoms with Crippen molar-refractivity contribution in [3.05, 3.63) is 36.7 Å². The Morgan fingerprint density at radius 1 is 1.32 bits per heavy atom. The van der Waals surface area contributed by atoms with Crippen molar-refractivity contribution in [1.29, 1.82) is 0 Å². The van der Waals surface area contributed by atoms with Crippen LogP contribution in [0.15, 0.2) is 41.7 Å². The summed E-state index contributed by atoms with van der Waals surface area (Å²) in [5.41, 5.74) is 6.92. The van der Waals surface area contributed by atoms with Crippen LogP contribution < -0.4 is 5.73 Å². The Hall–Kier alpha value is -1.35. The van der Waals surface area contributed by atoms with Crippen molar-refractivity contribution in [1.82, 2.24) is 4.90 Å². The van der Waals surface area contributed by atoms with E-state index in [2.05, 4.69) is 43.9 Å². The highest BCUT2D eigenvalue weighted by atomic mass is 15.1. The van der Waals surface area contributed by atoms with Crippen LogP contribution in [0.4, 0.5) is 0 Å². The summed E-state index contributed by atoms with van der Waals surface area (Å²) in [6, 6.07) is 0. The Bertz CT molecular complexity index is 280. The van der Waals surface area contributed by atoms with Gasteiger partial charge in [0.15, 0.2) is 0 Å². The Balaban J connectivity index is 0. The van der Waals surface area contributed by atoms with Gasteiger partial charge in [0.05, 0.1) is 0 Å². The van der Waals surface area contributed by atoms with Crippen LogP contribution in [0.3, 0.4) is 0 Å². The molecule has 1 rings (SSSR count). The molecule has 0 aromatic rings. The number of hydrogen-bond acceptors (Lipinski definition) is 3. The first-order chi connectivity index (χ1) is 8.93. The zero-order chi connectivity index (χ0) is 15.1. The van der Waals surface area contributed by atoms with E-state index in [0.29, 0.717) is 5.70 Å². The van der Waals surface area contributed by atoms with Gasteiger partial charge in [-0.1, -0.05) is 25.7 Å². The molecule has 1 aliphatic heterocycles. The maximum absolute atomic E-state index is 4.92. The van der Waals surface area contributed by atoms with Crippen molar-refractivity contribution in [3.8, 4) is 0 Å². The smallest absolute Gasteiger partial charge is 0.0266 e. The average molecular weight is 265 g/mol. The summed E-state index contributed by atoms with van der Waals surface area (Å²) in [4.78, 5) is 6.18. The lowest BCUT2D eigenvalue weighted by Gasteiger charge is -2.01. The number of rotatable bonds is 3. The second kappa shape index (κ2) is 14.7. The highest BCUT2D eigenvalue weighted by Gasteiger charge is 2.03. The molecule has 0 radical (unpaired) electrons. The third-order valence-corrected chi connectivity index (χ3v) is 2.44. The van der Waals surface area contributed by atoms with Crippen molar-refractivity contribution in [2.24, 2.45) is 10.7 Å². The monoisotopic (exact) mass is 265 g/mol. The predicted molar refractivity (Wildman–Crippen MR) is 88.5 cm³/mol. The first-order valence-corrected chi connectivity index (χ1v) is 6.83. The molecule has 0 aromatic heterocycles. The van der Waals surface area contributed by atoms with Gasteiger partial charge < -0.3 is 10.6 Å². The highest BCUT2D eigenvalue weighted by Crippen LogP contribution is 2.02. The van der Waals surface area contributed by atoms with E-state index in [0.717, 1.165) is 6.42 Å². The molecule has 1 heterocycles. The molecule has 3 nitrogen and oxygen atoms in total. The maximum atomic E-state index is 4.92. The fourth-order valence-electron chi connectivity index (χ4n) is 1.22. The minimum atomic E-state index is 0.667. The molecule has 1 aliphatic rings. The minimum Gasteiger partial charge on any atom is -0.403 e. The minimum absolute atomic E-state index is 0.667. The summed E-state index contributed by atoms with van der Waals surface area (Å²) in [6.45, 7) is 15.4. The second-order valence-electron chi connectivity index (χ2n) is 4.70. The average Bonchev–Trinajstić information content (AvgIpc) is 2.80. The number of aliphatic imine (C=N–C) groups is 1. The third kappa shape index (κ3) is 22.3. The van der Waals surface area contributed by atoms with E-state index in [-0.39, 0.29) is 0 Å². The normalized spacial score (nSPS) is 15.3. The molecule has 0 spiro atoms. The third-order valence-electron chi connectivity index (χ3n) is 2.44. The molecule has 110 valence electrons. The fourth-order valence-corrected chi connectivity index (χ4v) is 1.22. The molecule has 19 heavy (non-hydrogen) atoms. The molecule has 3 heteroatoms. The Morgan fingerprint density at radius 2 is 1.79 bits per heavy atom. The van der Waals surface area contributed by atoms with E-state index >= 15 is 0 Å². The predicted octanol–water partition coefficient (Wildman–Crippen LogP) is 3.75. The zero-order valence-corrected chi connectivity index (χ0v) is 13.2. The Morgan fingerprint density at radius 3 is 2.05 bits per heavy atom. The second-order valence-corrected chi connectivity index (χ2v) is 4.70. The van der Waals surface area contributed by atoms with Gasteiger partial charge >= 0.3 is 0 Å².